The predicted molar refractivity (Wildman–Crippen MR) is 47.3 cm³/mol. The van der Waals surface area contributed by atoms with Crippen molar-refractivity contribution in [2.24, 2.45) is 5.92 Å². The number of nitrogens with one attached hydrogen (secondary N) is 1. The molecule has 0 aliphatic rings. The van der Waals surface area contributed by atoms with Crippen LogP contribution >= 0.6 is 0 Å². The zero-order chi connectivity index (χ0) is 9.56. The SMILES string of the molecule is C#CCNC(=O)[C@@H](O)CC(C)C. The van der Waals surface area contributed by atoms with Crippen LogP contribution in [-0.2, 0) is 4.79 Å². The molecule has 68 valence electrons. The zero-order valence-electron chi connectivity index (χ0n) is 7.50. The molecular weight excluding hydrogens is 154 g/mol. The van der Waals surface area contributed by atoms with Crippen LogP contribution in [0.2, 0.25) is 0 Å². The Balaban J connectivity index is 3.70. The molecule has 3 heteroatoms. The highest BCUT2D eigenvalue weighted by Crippen LogP contribution is 2.03. The maximum atomic E-state index is 11.0. The number of aliphatic hydroxyl groups is 1. The third kappa shape index (κ3) is 4.75. The van der Waals surface area contributed by atoms with Crippen molar-refractivity contribution in [3.8, 4) is 12.3 Å². The van der Waals surface area contributed by atoms with E-state index < -0.39 is 6.10 Å². The molecule has 0 saturated carbocycles. The highest BCUT2D eigenvalue weighted by Gasteiger charge is 2.14. The van der Waals surface area contributed by atoms with Gasteiger partial charge in [-0.1, -0.05) is 19.8 Å². The standard InChI is InChI=1S/C9H15NO2/c1-4-5-10-9(12)8(11)6-7(2)3/h1,7-8,11H,5-6H2,2-3H3,(H,10,12)/t8-/m0/s1. The van der Waals surface area contributed by atoms with E-state index in [2.05, 4.69) is 11.2 Å². The number of carbonyl (C=O) groups is 1. The maximum Gasteiger partial charge on any atom is 0.249 e. The normalized spacial score (nSPS) is 12.2. The summed E-state index contributed by atoms with van der Waals surface area (Å²) in [6.07, 6.45) is 4.47. The number of aliphatic hydroxyl groups excluding tert-OH is 1. The lowest BCUT2D eigenvalue weighted by Crippen LogP contribution is -2.35. The van der Waals surface area contributed by atoms with Crippen LogP contribution in [0.25, 0.3) is 0 Å². The van der Waals surface area contributed by atoms with Gasteiger partial charge in [0.2, 0.25) is 5.91 Å². The van der Waals surface area contributed by atoms with Crippen LogP contribution in [0.5, 0.6) is 0 Å². The smallest absolute Gasteiger partial charge is 0.249 e. The van der Waals surface area contributed by atoms with E-state index in [1.807, 2.05) is 13.8 Å². The Morgan fingerprint density at radius 1 is 1.67 bits per heavy atom. The Morgan fingerprint density at radius 2 is 2.25 bits per heavy atom. The summed E-state index contributed by atoms with van der Waals surface area (Å²) >= 11 is 0. The largest absolute Gasteiger partial charge is 0.383 e. The van der Waals surface area contributed by atoms with Gasteiger partial charge in [-0.25, -0.2) is 0 Å². The first-order valence-corrected chi connectivity index (χ1v) is 3.97. The van der Waals surface area contributed by atoms with Crippen LogP contribution in [-0.4, -0.2) is 23.7 Å². The van der Waals surface area contributed by atoms with Crippen LogP contribution < -0.4 is 5.32 Å². The number of rotatable bonds is 4. The van der Waals surface area contributed by atoms with Gasteiger partial charge in [0.1, 0.15) is 6.10 Å². The van der Waals surface area contributed by atoms with Crippen molar-refractivity contribution in [3.05, 3.63) is 0 Å². The van der Waals surface area contributed by atoms with E-state index >= 15 is 0 Å². The number of amides is 1. The molecule has 0 fully saturated rings. The van der Waals surface area contributed by atoms with Crippen LogP contribution in [0.1, 0.15) is 20.3 Å². The summed E-state index contributed by atoms with van der Waals surface area (Å²) in [7, 11) is 0. The van der Waals surface area contributed by atoms with Crippen molar-refractivity contribution >= 4 is 5.91 Å². The Bertz CT molecular complexity index is 181. The molecule has 0 unspecified atom stereocenters. The molecule has 0 saturated heterocycles. The Kier molecular flexibility index (Phi) is 5.14. The molecular formula is C9H15NO2. The summed E-state index contributed by atoms with van der Waals surface area (Å²) in [5.41, 5.74) is 0. The van der Waals surface area contributed by atoms with Crippen molar-refractivity contribution in [1.82, 2.24) is 5.32 Å². The van der Waals surface area contributed by atoms with Crippen molar-refractivity contribution in [3.63, 3.8) is 0 Å². The third-order valence-corrected chi connectivity index (χ3v) is 1.36. The van der Waals surface area contributed by atoms with Crippen LogP contribution in [0.4, 0.5) is 0 Å². The minimum atomic E-state index is -0.932. The molecule has 0 rings (SSSR count). The lowest BCUT2D eigenvalue weighted by molar-refractivity contribution is -0.129. The fourth-order valence-electron chi connectivity index (χ4n) is 0.810. The molecule has 0 aliphatic carbocycles. The number of terminal acetylenes is 1. The number of hydrogen-bond acceptors (Lipinski definition) is 2. The maximum absolute atomic E-state index is 11.0. The van der Waals surface area contributed by atoms with E-state index in [-0.39, 0.29) is 12.5 Å². The summed E-state index contributed by atoms with van der Waals surface area (Å²) in [5.74, 6) is 2.18. The van der Waals surface area contributed by atoms with Gasteiger partial charge < -0.3 is 10.4 Å². The van der Waals surface area contributed by atoms with E-state index in [4.69, 9.17) is 6.42 Å². The van der Waals surface area contributed by atoms with Gasteiger partial charge in [0.05, 0.1) is 6.54 Å². The number of hydrogen-bond donors (Lipinski definition) is 2. The van der Waals surface area contributed by atoms with Gasteiger partial charge in [0.15, 0.2) is 0 Å². The minimum absolute atomic E-state index is 0.175. The minimum Gasteiger partial charge on any atom is -0.383 e. The summed E-state index contributed by atoms with van der Waals surface area (Å²) in [5, 5.41) is 11.6. The summed E-state index contributed by atoms with van der Waals surface area (Å²) < 4.78 is 0. The summed E-state index contributed by atoms with van der Waals surface area (Å²) in [4.78, 5) is 11.0. The molecule has 0 spiro atoms. The van der Waals surface area contributed by atoms with Gasteiger partial charge in [0.25, 0.3) is 0 Å². The predicted octanol–water partition coefficient (Wildman–Crippen LogP) is 0.143. The second-order valence-electron chi connectivity index (χ2n) is 3.07. The molecule has 0 aliphatic heterocycles. The molecule has 3 nitrogen and oxygen atoms in total. The second kappa shape index (κ2) is 5.62. The fraction of sp³-hybridized carbons (Fsp3) is 0.667. The molecule has 1 amide bonds. The van der Waals surface area contributed by atoms with Gasteiger partial charge >= 0.3 is 0 Å². The number of carbonyl (C=O) groups excluding carboxylic acids is 1. The molecule has 0 aromatic heterocycles. The Hall–Kier alpha value is -1.01. The molecule has 1 atom stereocenters. The van der Waals surface area contributed by atoms with Gasteiger partial charge in [-0.2, -0.15) is 0 Å². The van der Waals surface area contributed by atoms with E-state index in [0.29, 0.717) is 12.3 Å². The highest BCUT2D eigenvalue weighted by atomic mass is 16.3. The van der Waals surface area contributed by atoms with Gasteiger partial charge in [-0.3, -0.25) is 4.79 Å². The first-order chi connectivity index (χ1) is 5.57. The zero-order valence-corrected chi connectivity index (χ0v) is 7.50. The van der Waals surface area contributed by atoms with E-state index in [9.17, 15) is 9.90 Å². The topological polar surface area (TPSA) is 49.3 Å². The molecule has 2 N–H and O–H groups in total. The van der Waals surface area contributed by atoms with Crippen LogP contribution in [0.3, 0.4) is 0 Å². The Morgan fingerprint density at radius 3 is 2.67 bits per heavy atom. The van der Waals surface area contributed by atoms with Crippen molar-refractivity contribution in [1.29, 1.82) is 0 Å². The first kappa shape index (κ1) is 11.0. The fourth-order valence-corrected chi connectivity index (χ4v) is 0.810. The quantitative estimate of drug-likeness (QED) is 0.588. The van der Waals surface area contributed by atoms with Gasteiger partial charge in [-0.15, -0.1) is 6.42 Å². The average Bonchev–Trinajstić information content (AvgIpc) is 1.98. The van der Waals surface area contributed by atoms with E-state index in [1.54, 1.807) is 0 Å². The molecule has 0 bridgehead atoms. The average molecular weight is 169 g/mol. The van der Waals surface area contributed by atoms with Gasteiger partial charge in [0, 0.05) is 0 Å². The van der Waals surface area contributed by atoms with Crippen molar-refractivity contribution in [2.75, 3.05) is 6.54 Å². The highest BCUT2D eigenvalue weighted by molar-refractivity contribution is 5.80. The molecule has 0 radical (unpaired) electrons. The first-order valence-electron chi connectivity index (χ1n) is 3.97. The monoisotopic (exact) mass is 169 g/mol. The Labute approximate surface area is 73.2 Å². The van der Waals surface area contributed by atoms with Crippen LogP contribution in [0, 0.1) is 18.3 Å². The van der Waals surface area contributed by atoms with E-state index in [0.717, 1.165) is 0 Å². The van der Waals surface area contributed by atoms with E-state index in [1.165, 1.54) is 0 Å². The van der Waals surface area contributed by atoms with Crippen molar-refractivity contribution in [2.45, 2.75) is 26.4 Å². The summed E-state index contributed by atoms with van der Waals surface area (Å²) in [6.45, 7) is 4.06. The lowest BCUT2D eigenvalue weighted by atomic mass is 10.1. The molecule has 0 aromatic rings. The molecule has 0 aromatic carbocycles. The summed E-state index contributed by atoms with van der Waals surface area (Å²) in [6, 6.07) is 0. The third-order valence-electron chi connectivity index (χ3n) is 1.36. The van der Waals surface area contributed by atoms with Gasteiger partial charge in [-0.05, 0) is 12.3 Å². The second-order valence-corrected chi connectivity index (χ2v) is 3.07. The van der Waals surface area contributed by atoms with Crippen molar-refractivity contribution < 1.29 is 9.90 Å². The van der Waals surface area contributed by atoms with Crippen LogP contribution in [0.15, 0.2) is 0 Å². The molecule has 0 heterocycles. The molecule has 12 heavy (non-hydrogen) atoms. The lowest BCUT2D eigenvalue weighted by Gasteiger charge is -2.11.